The SMILES string of the molecule is COc1ccc(O)c(C(=O)NCC(N)c2ccccc2)c1. The number of amides is 1. The van der Waals surface area contributed by atoms with Crippen LogP contribution in [0.4, 0.5) is 0 Å². The van der Waals surface area contributed by atoms with Crippen molar-refractivity contribution in [2.45, 2.75) is 6.04 Å². The number of rotatable bonds is 5. The second-order valence-electron chi connectivity index (χ2n) is 4.61. The molecule has 0 heterocycles. The van der Waals surface area contributed by atoms with Crippen LogP contribution in [0.2, 0.25) is 0 Å². The van der Waals surface area contributed by atoms with E-state index in [2.05, 4.69) is 5.32 Å². The molecule has 2 aromatic rings. The van der Waals surface area contributed by atoms with Crippen LogP contribution in [0.1, 0.15) is 22.0 Å². The first-order chi connectivity index (χ1) is 10.1. The highest BCUT2D eigenvalue weighted by Gasteiger charge is 2.14. The Balaban J connectivity index is 2.02. The van der Waals surface area contributed by atoms with Crippen LogP contribution in [0.25, 0.3) is 0 Å². The minimum atomic E-state index is -0.391. The van der Waals surface area contributed by atoms with E-state index in [-0.39, 0.29) is 23.9 Å². The highest BCUT2D eigenvalue weighted by molar-refractivity contribution is 5.97. The standard InChI is InChI=1S/C16H18N2O3/c1-21-12-7-8-15(19)13(9-12)16(20)18-10-14(17)11-5-3-2-4-6-11/h2-9,14,19H,10,17H2,1H3,(H,18,20). The molecule has 0 aliphatic rings. The van der Waals surface area contributed by atoms with Gasteiger partial charge in [0.15, 0.2) is 0 Å². The number of phenols is 1. The van der Waals surface area contributed by atoms with Crippen molar-refractivity contribution in [1.82, 2.24) is 5.32 Å². The van der Waals surface area contributed by atoms with Gasteiger partial charge in [-0.1, -0.05) is 30.3 Å². The fraction of sp³-hybridized carbons (Fsp3) is 0.188. The van der Waals surface area contributed by atoms with Crippen molar-refractivity contribution in [2.75, 3.05) is 13.7 Å². The normalized spacial score (nSPS) is 11.7. The van der Waals surface area contributed by atoms with Crippen LogP contribution >= 0.6 is 0 Å². The molecule has 110 valence electrons. The van der Waals surface area contributed by atoms with E-state index in [9.17, 15) is 9.90 Å². The van der Waals surface area contributed by atoms with Crippen molar-refractivity contribution in [3.63, 3.8) is 0 Å². The van der Waals surface area contributed by atoms with Gasteiger partial charge >= 0.3 is 0 Å². The molecule has 5 nitrogen and oxygen atoms in total. The van der Waals surface area contributed by atoms with Gasteiger partial charge in [0.2, 0.25) is 0 Å². The molecule has 0 spiro atoms. The summed E-state index contributed by atoms with van der Waals surface area (Å²) < 4.78 is 5.04. The Labute approximate surface area is 123 Å². The van der Waals surface area contributed by atoms with Crippen molar-refractivity contribution >= 4 is 5.91 Å². The number of nitrogens with two attached hydrogens (primary N) is 1. The molecular weight excluding hydrogens is 268 g/mol. The molecule has 5 heteroatoms. The van der Waals surface area contributed by atoms with E-state index >= 15 is 0 Å². The Kier molecular flexibility index (Phi) is 4.79. The Morgan fingerprint density at radius 1 is 1.29 bits per heavy atom. The fourth-order valence-corrected chi connectivity index (χ4v) is 1.94. The second kappa shape index (κ2) is 6.76. The lowest BCUT2D eigenvalue weighted by molar-refractivity contribution is 0.0948. The van der Waals surface area contributed by atoms with Gasteiger partial charge in [-0.15, -0.1) is 0 Å². The summed E-state index contributed by atoms with van der Waals surface area (Å²) in [6.07, 6.45) is 0. The molecular formula is C16H18N2O3. The zero-order valence-electron chi connectivity index (χ0n) is 11.7. The second-order valence-corrected chi connectivity index (χ2v) is 4.61. The molecule has 0 bridgehead atoms. The summed E-state index contributed by atoms with van der Waals surface area (Å²) in [5.41, 5.74) is 7.11. The summed E-state index contributed by atoms with van der Waals surface area (Å²) in [4.78, 5) is 12.1. The van der Waals surface area contributed by atoms with Gasteiger partial charge in [-0.3, -0.25) is 4.79 Å². The van der Waals surface area contributed by atoms with Crippen molar-refractivity contribution in [3.05, 3.63) is 59.7 Å². The summed E-state index contributed by atoms with van der Waals surface area (Å²) in [6.45, 7) is 0.277. The van der Waals surface area contributed by atoms with E-state index in [1.165, 1.54) is 19.2 Å². The third kappa shape index (κ3) is 3.73. The third-order valence-electron chi connectivity index (χ3n) is 3.16. The first kappa shape index (κ1) is 14.9. The third-order valence-corrected chi connectivity index (χ3v) is 3.16. The topological polar surface area (TPSA) is 84.6 Å². The predicted molar refractivity (Wildman–Crippen MR) is 80.4 cm³/mol. The summed E-state index contributed by atoms with van der Waals surface area (Å²) in [5.74, 6) is 0.0182. The number of phenolic OH excluding ortho intramolecular Hbond substituents is 1. The van der Waals surface area contributed by atoms with Crippen molar-refractivity contribution in [1.29, 1.82) is 0 Å². The molecule has 0 aromatic heterocycles. The first-order valence-electron chi connectivity index (χ1n) is 6.57. The van der Waals surface area contributed by atoms with Crippen LogP contribution in [0.15, 0.2) is 48.5 Å². The largest absolute Gasteiger partial charge is 0.507 e. The molecule has 2 rings (SSSR count). The molecule has 1 atom stereocenters. The number of hydrogen-bond acceptors (Lipinski definition) is 4. The molecule has 0 radical (unpaired) electrons. The molecule has 1 unspecified atom stereocenters. The van der Waals surface area contributed by atoms with Gasteiger partial charge < -0.3 is 20.9 Å². The predicted octanol–water partition coefficient (Wildman–Crippen LogP) is 1.83. The van der Waals surface area contributed by atoms with E-state index in [0.29, 0.717) is 5.75 Å². The Bertz CT molecular complexity index is 614. The van der Waals surface area contributed by atoms with Gasteiger partial charge in [-0.25, -0.2) is 0 Å². The summed E-state index contributed by atoms with van der Waals surface area (Å²) in [7, 11) is 1.50. The molecule has 21 heavy (non-hydrogen) atoms. The number of nitrogens with one attached hydrogen (secondary N) is 1. The highest BCUT2D eigenvalue weighted by Crippen LogP contribution is 2.22. The quantitative estimate of drug-likeness (QED) is 0.783. The molecule has 0 fully saturated rings. The lowest BCUT2D eigenvalue weighted by atomic mass is 10.1. The Morgan fingerprint density at radius 2 is 2.00 bits per heavy atom. The van der Waals surface area contributed by atoms with Crippen LogP contribution in [0.5, 0.6) is 11.5 Å². The zero-order valence-corrected chi connectivity index (χ0v) is 11.7. The van der Waals surface area contributed by atoms with Gasteiger partial charge in [0.25, 0.3) is 5.91 Å². The Hall–Kier alpha value is -2.53. The number of carbonyl (C=O) groups excluding carboxylic acids is 1. The molecule has 1 amide bonds. The number of aromatic hydroxyl groups is 1. The Morgan fingerprint density at radius 3 is 2.67 bits per heavy atom. The average Bonchev–Trinajstić information content (AvgIpc) is 2.53. The van der Waals surface area contributed by atoms with Crippen LogP contribution in [-0.4, -0.2) is 24.7 Å². The average molecular weight is 286 g/mol. The van der Waals surface area contributed by atoms with Crippen LogP contribution in [0.3, 0.4) is 0 Å². The van der Waals surface area contributed by atoms with Gasteiger partial charge in [-0.05, 0) is 23.8 Å². The fourth-order valence-electron chi connectivity index (χ4n) is 1.94. The van der Waals surface area contributed by atoms with Gasteiger partial charge in [0.1, 0.15) is 11.5 Å². The van der Waals surface area contributed by atoms with Crippen molar-refractivity contribution in [2.24, 2.45) is 5.73 Å². The van der Waals surface area contributed by atoms with Gasteiger partial charge in [-0.2, -0.15) is 0 Å². The highest BCUT2D eigenvalue weighted by atomic mass is 16.5. The van der Waals surface area contributed by atoms with E-state index in [1.54, 1.807) is 6.07 Å². The zero-order chi connectivity index (χ0) is 15.2. The van der Waals surface area contributed by atoms with Crippen LogP contribution < -0.4 is 15.8 Å². The molecule has 0 saturated heterocycles. The minimum absolute atomic E-state index is 0.0958. The lowest BCUT2D eigenvalue weighted by Gasteiger charge is -2.14. The monoisotopic (exact) mass is 286 g/mol. The smallest absolute Gasteiger partial charge is 0.255 e. The first-order valence-corrected chi connectivity index (χ1v) is 6.57. The lowest BCUT2D eigenvalue weighted by Crippen LogP contribution is -2.31. The summed E-state index contributed by atoms with van der Waals surface area (Å²) in [5, 5.41) is 12.4. The molecule has 2 aromatic carbocycles. The minimum Gasteiger partial charge on any atom is -0.507 e. The number of ether oxygens (including phenoxy) is 1. The summed E-state index contributed by atoms with van der Waals surface area (Å²) >= 11 is 0. The number of hydrogen-bond donors (Lipinski definition) is 3. The molecule has 4 N–H and O–H groups in total. The maximum Gasteiger partial charge on any atom is 0.255 e. The van der Waals surface area contributed by atoms with E-state index in [4.69, 9.17) is 10.5 Å². The van der Waals surface area contributed by atoms with Crippen molar-refractivity contribution < 1.29 is 14.6 Å². The van der Waals surface area contributed by atoms with Crippen LogP contribution in [0, 0.1) is 0 Å². The number of benzene rings is 2. The molecule has 0 aliphatic heterocycles. The van der Waals surface area contributed by atoms with E-state index < -0.39 is 5.91 Å². The summed E-state index contributed by atoms with van der Waals surface area (Å²) in [6, 6.07) is 13.7. The van der Waals surface area contributed by atoms with Crippen molar-refractivity contribution in [3.8, 4) is 11.5 Å². The van der Waals surface area contributed by atoms with Gasteiger partial charge in [0, 0.05) is 12.6 Å². The van der Waals surface area contributed by atoms with E-state index in [0.717, 1.165) is 5.56 Å². The number of carbonyl (C=O) groups is 1. The number of methoxy groups -OCH3 is 1. The maximum atomic E-state index is 12.1. The molecule has 0 aliphatic carbocycles. The van der Waals surface area contributed by atoms with E-state index in [1.807, 2.05) is 30.3 Å². The van der Waals surface area contributed by atoms with Crippen LogP contribution in [-0.2, 0) is 0 Å². The van der Waals surface area contributed by atoms with Gasteiger partial charge in [0.05, 0.1) is 12.7 Å². The maximum absolute atomic E-state index is 12.1. The molecule has 0 saturated carbocycles.